The first-order valence-corrected chi connectivity index (χ1v) is 23.1. The average molecular weight is 839 g/mol. The van der Waals surface area contributed by atoms with Crippen molar-refractivity contribution in [1.29, 1.82) is 0 Å². The lowest BCUT2D eigenvalue weighted by atomic mass is 10.00. The van der Waals surface area contributed by atoms with Crippen LogP contribution >= 0.6 is 0 Å². The Labute approximate surface area is 348 Å². The molecule has 0 radical (unpaired) electrons. The molecule has 332 valence electrons. The highest BCUT2D eigenvalue weighted by Gasteiger charge is 2.46. The molecule has 0 aromatic heterocycles. The normalized spacial score (nSPS) is 21.1. The Morgan fingerprint density at radius 3 is 1.59 bits per heavy atom. The van der Waals surface area contributed by atoms with Gasteiger partial charge in [-0.25, -0.2) is 0 Å². The summed E-state index contributed by atoms with van der Waals surface area (Å²) in [6, 6.07) is 0. The van der Waals surface area contributed by atoms with E-state index in [1.54, 1.807) is 0 Å². The van der Waals surface area contributed by atoms with E-state index in [1.165, 1.54) is 44.9 Å². The molecule has 58 heavy (non-hydrogen) atoms. The van der Waals surface area contributed by atoms with Gasteiger partial charge in [-0.1, -0.05) is 151 Å². The van der Waals surface area contributed by atoms with Crippen molar-refractivity contribution in [2.45, 2.75) is 179 Å². The van der Waals surface area contributed by atoms with Gasteiger partial charge in [0.15, 0.2) is 12.4 Å². The summed E-state index contributed by atoms with van der Waals surface area (Å²) in [4.78, 5) is 25.3. The number of carbonyl (C=O) groups excluding carboxylic acids is 2. The van der Waals surface area contributed by atoms with Gasteiger partial charge < -0.3 is 34.3 Å². The van der Waals surface area contributed by atoms with E-state index in [0.29, 0.717) is 12.8 Å². The van der Waals surface area contributed by atoms with Crippen LogP contribution in [0.15, 0.2) is 72.9 Å². The van der Waals surface area contributed by atoms with E-state index in [2.05, 4.69) is 74.6 Å². The van der Waals surface area contributed by atoms with Crippen LogP contribution in [0.4, 0.5) is 0 Å². The van der Waals surface area contributed by atoms with Gasteiger partial charge in [0.2, 0.25) is 0 Å². The van der Waals surface area contributed by atoms with Crippen molar-refractivity contribution in [3.63, 3.8) is 0 Å². The Kier molecular flexibility index (Phi) is 32.0. The molecule has 1 aliphatic rings. The average Bonchev–Trinajstić information content (AvgIpc) is 3.18. The van der Waals surface area contributed by atoms with E-state index < -0.39 is 71.2 Å². The van der Waals surface area contributed by atoms with E-state index in [0.717, 1.165) is 57.8 Å². The summed E-state index contributed by atoms with van der Waals surface area (Å²) in [5.74, 6) is -2.10. The molecule has 6 atom stereocenters. The molecule has 12 nitrogen and oxygen atoms in total. The maximum absolute atomic E-state index is 12.7. The zero-order valence-corrected chi connectivity index (χ0v) is 35.9. The van der Waals surface area contributed by atoms with Crippen LogP contribution in [0.25, 0.3) is 0 Å². The van der Waals surface area contributed by atoms with Gasteiger partial charge >= 0.3 is 11.9 Å². The molecule has 0 aromatic carbocycles. The Morgan fingerprint density at radius 2 is 1.09 bits per heavy atom. The Balaban J connectivity index is 2.51. The van der Waals surface area contributed by atoms with Gasteiger partial charge in [0.25, 0.3) is 10.1 Å². The maximum Gasteiger partial charge on any atom is 0.306 e. The lowest BCUT2D eigenvalue weighted by molar-refractivity contribution is -0.297. The van der Waals surface area contributed by atoms with Crippen molar-refractivity contribution < 1.29 is 56.8 Å². The molecule has 1 aliphatic heterocycles. The van der Waals surface area contributed by atoms with Gasteiger partial charge in [-0.15, -0.1) is 0 Å². The van der Waals surface area contributed by atoms with Crippen molar-refractivity contribution in [2.75, 3.05) is 19.0 Å². The van der Waals surface area contributed by atoms with Gasteiger partial charge in [0.1, 0.15) is 36.8 Å². The quantitative estimate of drug-likeness (QED) is 0.0210. The second-order valence-corrected chi connectivity index (χ2v) is 16.1. The molecule has 4 N–H and O–H groups in total. The number of hydrogen-bond acceptors (Lipinski definition) is 11. The number of rotatable bonds is 34. The smallest absolute Gasteiger partial charge is 0.306 e. The molecule has 0 bridgehead atoms. The predicted octanol–water partition coefficient (Wildman–Crippen LogP) is 8.33. The predicted molar refractivity (Wildman–Crippen MR) is 228 cm³/mol. The van der Waals surface area contributed by atoms with Crippen molar-refractivity contribution >= 4 is 22.1 Å². The second-order valence-electron chi connectivity index (χ2n) is 14.6. The standard InChI is InChI=1S/C45H74O12S/c1-3-5-7-9-11-13-15-16-17-18-19-20-21-22-24-25-27-29-31-33-40(46)54-35-38(56-41(47)34-32-30-28-26-23-14-12-10-8-6-4-2)36-55-45-44(50)43(49)42(48)39(57-45)37-58(51,52)53/h5,7,11,13,16-17,19-20,22,24,27,29,38-39,42-45,48-50H,3-4,6,8-10,12,14-15,18,21,23,25-26,28,30-37H2,1-2H3,(H,51,52,53)/b7-5+,13-11+,17-16+,20-19+,24-22+,29-27+/t38-,39-,42-,43?,44?,45+/m1/s1. The molecule has 0 spiro atoms. The Bertz CT molecular complexity index is 1350. The van der Waals surface area contributed by atoms with Crippen LogP contribution in [-0.2, 0) is 38.7 Å². The molecule has 0 amide bonds. The first-order chi connectivity index (χ1) is 28.0. The number of carbonyl (C=O) groups is 2. The largest absolute Gasteiger partial charge is 0.462 e. The van der Waals surface area contributed by atoms with Crippen LogP contribution in [0.2, 0.25) is 0 Å². The molecule has 1 saturated heterocycles. The highest BCUT2D eigenvalue weighted by Crippen LogP contribution is 2.24. The summed E-state index contributed by atoms with van der Waals surface area (Å²) < 4.78 is 53.9. The van der Waals surface area contributed by atoms with E-state index >= 15 is 0 Å². The lowest BCUT2D eigenvalue weighted by Crippen LogP contribution is -2.60. The summed E-state index contributed by atoms with van der Waals surface area (Å²) in [5, 5.41) is 30.8. The minimum Gasteiger partial charge on any atom is -0.462 e. The highest BCUT2D eigenvalue weighted by atomic mass is 32.2. The minimum atomic E-state index is -4.61. The summed E-state index contributed by atoms with van der Waals surface area (Å²) in [6.45, 7) is 3.55. The van der Waals surface area contributed by atoms with Crippen molar-refractivity contribution in [2.24, 2.45) is 0 Å². The molecule has 1 rings (SSSR count). The van der Waals surface area contributed by atoms with Gasteiger partial charge in [-0.05, 0) is 51.4 Å². The SMILES string of the molecule is CC/C=C/C/C=C/C/C=C/C/C=C/C/C=C/C/C=C/CCC(=O)OC[C@H](CO[C@H]1O[C@H](CS(=O)(=O)O)[C@@H](O)C(O)C1O)OC(=O)CCCCCCCCCCCCC. The monoisotopic (exact) mass is 838 g/mol. The molecular weight excluding hydrogens is 765 g/mol. The summed E-state index contributed by atoms with van der Waals surface area (Å²) in [7, 11) is -4.61. The van der Waals surface area contributed by atoms with E-state index in [1.807, 2.05) is 12.2 Å². The van der Waals surface area contributed by atoms with Crippen molar-refractivity contribution in [1.82, 2.24) is 0 Å². The fourth-order valence-electron chi connectivity index (χ4n) is 6.00. The molecule has 0 saturated carbocycles. The summed E-state index contributed by atoms with van der Waals surface area (Å²) in [5.41, 5.74) is 0. The topological polar surface area (TPSA) is 186 Å². The van der Waals surface area contributed by atoms with Crippen LogP contribution in [0.5, 0.6) is 0 Å². The van der Waals surface area contributed by atoms with Crippen molar-refractivity contribution in [3.05, 3.63) is 72.9 Å². The molecule has 13 heteroatoms. The van der Waals surface area contributed by atoms with Crippen LogP contribution in [0.3, 0.4) is 0 Å². The molecule has 2 unspecified atom stereocenters. The number of hydrogen-bond donors (Lipinski definition) is 4. The third-order valence-electron chi connectivity index (χ3n) is 9.31. The van der Waals surface area contributed by atoms with E-state index in [4.69, 9.17) is 18.9 Å². The fraction of sp³-hybridized carbons (Fsp3) is 0.689. The van der Waals surface area contributed by atoms with Crippen LogP contribution in [0.1, 0.15) is 142 Å². The van der Waals surface area contributed by atoms with Crippen LogP contribution in [-0.4, -0.2) is 96.0 Å². The first kappa shape index (κ1) is 53.1. The summed E-state index contributed by atoms with van der Waals surface area (Å²) in [6.07, 6.45) is 34.0. The third-order valence-corrected chi connectivity index (χ3v) is 10.1. The molecule has 1 heterocycles. The second kappa shape index (κ2) is 34.9. The maximum atomic E-state index is 12.7. The number of unbranched alkanes of at least 4 members (excludes halogenated alkanes) is 10. The summed E-state index contributed by atoms with van der Waals surface area (Å²) >= 11 is 0. The van der Waals surface area contributed by atoms with Crippen LogP contribution < -0.4 is 0 Å². The minimum absolute atomic E-state index is 0.0915. The highest BCUT2D eigenvalue weighted by molar-refractivity contribution is 7.85. The van der Waals surface area contributed by atoms with E-state index in [9.17, 15) is 37.9 Å². The van der Waals surface area contributed by atoms with Crippen LogP contribution in [0, 0.1) is 0 Å². The first-order valence-electron chi connectivity index (χ1n) is 21.5. The zero-order chi connectivity index (χ0) is 42.7. The molecule has 0 aromatic rings. The van der Waals surface area contributed by atoms with Gasteiger partial charge in [-0.2, -0.15) is 8.42 Å². The number of aliphatic hydroxyl groups is 3. The molecule has 1 fully saturated rings. The van der Waals surface area contributed by atoms with Gasteiger partial charge in [0, 0.05) is 12.8 Å². The fourth-order valence-corrected chi connectivity index (χ4v) is 6.69. The van der Waals surface area contributed by atoms with Crippen molar-refractivity contribution in [3.8, 4) is 0 Å². The number of allylic oxidation sites excluding steroid dienone is 12. The Hall–Kier alpha value is -2.91. The van der Waals surface area contributed by atoms with E-state index in [-0.39, 0.29) is 19.4 Å². The number of aliphatic hydroxyl groups excluding tert-OH is 3. The number of ether oxygens (including phenoxy) is 4. The molecule has 0 aliphatic carbocycles. The number of esters is 2. The van der Waals surface area contributed by atoms with Gasteiger partial charge in [-0.3, -0.25) is 14.1 Å². The lowest BCUT2D eigenvalue weighted by Gasteiger charge is -2.40. The zero-order valence-electron chi connectivity index (χ0n) is 35.1. The Morgan fingerprint density at radius 1 is 0.603 bits per heavy atom. The molecular formula is C45H74O12S. The third kappa shape index (κ3) is 29.3. The van der Waals surface area contributed by atoms with Gasteiger partial charge in [0.05, 0.1) is 6.61 Å².